The first-order chi connectivity index (χ1) is 25.7. The van der Waals surface area contributed by atoms with E-state index < -0.39 is 10.0 Å². The second kappa shape index (κ2) is 16.3. The van der Waals surface area contributed by atoms with Crippen molar-refractivity contribution in [3.63, 3.8) is 0 Å². The maximum absolute atomic E-state index is 13.1. The average Bonchev–Trinajstić information content (AvgIpc) is 3.93. The minimum Gasteiger partial charge on any atom is -0.354 e. The number of amides is 1. The van der Waals surface area contributed by atoms with Gasteiger partial charge in [0.15, 0.2) is 0 Å². The zero-order valence-electron chi connectivity index (χ0n) is 29.8. The monoisotopic (exact) mass is 752 g/mol. The Morgan fingerprint density at radius 2 is 1.43 bits per heavy atom. The SMILES string of the molecule is Cc1nnc(NS(=O)(=O)c2ccc(NC(=O)C3CCC(CNc4nc(NCc5ccccc5)nc(NCc5cccc(C6CC6)c5C)n4)CC3)cc2)s1. The predicted molar refractivity (Wildman–Crippen MR) is 209 cm³/mol. The highest BCUT2D eigenvalue weighted by Crippen LogP contribution is 2.42. The molecule has 2 aliphatic carbocycles. The summed E-state index contributed by atoms with van der Waals surface area (Å²) in [5.74, 6) is 2.35. The molecule has 2 heterocycles. The Labute approximate surface area is 314 Å². The molecule has 0 atom stereocenters. The molecule has 5 aromatic rings. The molecule has 2 aromatic heterocycles. The highest BCUT2D eigenvalue weighted by Gasteiger charge is 2.27. The zero-order valence-corrected chi connectivity index (χ0v) is 31.4. The molecule has 0 unspecified atom stereocenters. The van der Waals surface area contributed by atoms with E-state index >= 15 is 0 Å². The normalized spacial score (nSPS) is 17.2. The molecule has 53 heavy (non-hydrogen) atoms. The first-order valence-electron chi connectivity index (χ1n) is 18.0. The van der Waals surface area contributed by atoms with Crippen molar-refractivity contribution in [3.05, 3.63) is 100 Å². The Morgan fingerprint density at radius 1 is 0.755 bits per heavy atom. The van der Waals surface area contributed by atoms with Crippen LogP contribution in [0.5, 0.6) is 0 Å². The molecule has 1 amide bonds. The lowest BCUT2D eigenvalue weighted by Crippen LogP contribution is -2.29. The molecule has 0 radical (unpaired) electrons. The van der Waals surface area contributed by atoms with Crippen molar-refractivity contribution in [1.29, 1.82) is 0 Å². The highest BCUT2D eigenvalue weighted by molar-refractivity contribution is 7.93. The van der Waals surface area contributed by atoms with Crippen molar-refractivity contribution in [3.8, 4) is 0 Å². The van der Waals surface area contributed by atoms with Crippen molar-refractivity contribution in [2.24, 2.45) is 11.8 Å². The minimum atomic E-state index is -3.82. The largest absolute Gasteiger partial charge is 0.354 e. The third kappa shape index (κ3) is 9.64. The van der Waals surface area contributed by atoms with Gasteiger partial charge in [0, 0.05) is 31.2 Å². The van der Waals surface area contributed by atoms with Crippen molar-refractivity contribution in [2.75, 3.05) is 32.5 Å². The van der Waals surface area contributed by atoms with Gasteiger partial charge in [-0.3, -0.25) is 9.52 Å². The topological polar surface area (TPSA) is 176 Å². The lowest BCUT2D eigenvalue weighted by molar-refractivity contribution is -0.121. The van der Waals surface area contributed by atoms with Gasteiger partial charge in [0.2, 0.25) is 28.9 Å². The first-order valence-corrected chi connectivity index (χ1v) is 20.3. The van der Waals surface area contributed by atoms with E-state index in [9.17, 15) is 13.2 Å². The molecule has 0 spiro atoms. The van der Waals surface area contributed by atoms with Crippen LogP contribution < -0.4 is 26.0 Å². The summed E-state index contributed by atoms with van der Waals surface area (Å²) in [6.07, 6.45) is 5.80. The van der Waals surface area contributed by atoms with Crippen LogP contribution >= 0.6 is 11.3 Å². The molecular weight excluding hydrogens is 709 g/mol. The summed E-state index contributed by atoms with van der Waals surface area (Å²) in [5.41, 5.74) is 5.69. The number of rotatable bonds is 15. The van der Waals surface area contributed by atoms with E-state index in [4.69, 9.17) is 4.98 Å². The van der Waals surface area contributed by atoms with Crippen molar-refractivity contribution in [1.82, 2.24) is 25.1 Å². The number of benzene rings is 3. The number of nitrogens with zero attached hydrogens (tertiary/aromatic N) is 5. The van der Waals surface area contributed by atoms with Crippen LogP contribution in [0, 0.1) is 25.7 Å². The van der Waals surface area contributed by atoms with E-state index in [1.165, 1.54) is 41.7 Å². The second-order valence-electron chi connectivity index (χ2n) is 13.7. The molecule has 2 aliphatic rings. The molecule has 2 fully saturated rings. The Bertz CT molecular complexity index is 2130. The van der Waals surface area contributed by atoms with Crippen LogP contribution in [0.4, 0.5) is 28.7 Å². The number of hydrogen-bond acceptors (Lipinski definition) is 12. The van der Waals surface area contributed by atoms with E-state index in [1.807, 2.05) is 18.2 Å². The quantitative estimate of drug-likeness (QED) is 0.0738. The van der Waals surface area contributed by atoms with Crippen molar-refractivity contribution < 1.29 is 13.2 Å². The second-order valence-corrected chi connectivity index (χ2v) is 16.6. The maximum Gasteiger partial charge on any atom is 0.263 e. The van der Waals surface area contributed by atoms with Crippen LogP contribution in [-0.2, 0) is 27.9 Å². The smallest absolute Gasteiger partial charge is 0.263 e. The average molecular weight is 753 g/mol. The van der Waals surface area contributed by atoms with Crippen molar-refractivity contribution in [2.45, 2.75) is 76.3 Å². The van der Waals surface area contributed by atoms with E-state index in [0.29, 0.717) is 60.0 Å². The summed E-state index contributed by atoms with van der Waals surface area (Å²) >= 11 is 1.16. The number of aryl methyl sites for hydroxylation is 1. The van der Waals surface area contributed by atoms with E-state index in [1.54, 1.807) is 19.1 Å². The van der Waals surface area contributed by atoms with Gasteiger partial charge in [-0.05, 0) is 111 Å². The highest BCUT2D eigenvalue weighted by atomic mass is 32.2. The summed E-state index contributed by atoms with van der Waals surface area (Å²) in [6, 6.07) is 22.8. The van der Waals surface area contributed by atoms with Crippen molar-refractivity contribution >= 4 is 55.9 Å². The molecule has 0 aliphatic heterocycles. The number of carbonyl (C=O) groups excluding carboxylic acids is 1. The fraction of sp³-hybridized carbons (Fsp3) is 0.368. The predicted octanol–water partition coefficient (Wildman–Crippen LogP) is 7.10. The lowest BCUT2D eigenvalue weighted by atomic mass is 9.81. The van der Waals surface area contributed by atoms with E-state index in [0.717, 1.165) is 42.6 Å². The van der Waals surface area contributed by atoms with Crippen LogP contribution in [0.15, 0.2) is 77.7 Å². The first kappa shape index (κ1) is 36.2. The number of nitrogens with one attached hydrogen (secondary N) is 5. The van der Waals surface area contributed by atoms with Crippen LogP contribution in [0.25, 0.3) is 0 Å². The summed E-state index contributed by atoms with van der Waals surface area (Å²) in [5, 5.41) is 21.7. The van der Waals surface area contributed by atoms with Crippen LogP contribution in [0.3, 0.4) is 0 Å². The number of carbonyl (C=O) groups is 1. The number of sulfonamides is 1. The van der Waals surface area contributed by atoms with Gasteiger partial charge < -0.3 is 21.3 Å². The molecule has 7 rings (SSSR count). The van der Waals surface area contributed by atoms with Crippen LogP contribution in [-0.4, -0.2) is 46.0 Å². The summed E-state index contributed by atoms with van der Waals surface area (Å²) in [4.78, 5) is 27.3. The Balaban J connectivity index is 0.924. The Hall–Kier alpha value is -5.15. The van der Waals surface area contributed by atoms with Gasteiger partial charge in [-0.1, -0.05) is 59.9 Å². The van der Waals surface area contributed by atoms with E-state index in [2.05, 4.69) is 83.4 Å². The van der Waals surface area contributed by atoms with Gasteiger partial charge in [-0.2, -0.15) is 15.0 Å². The summed E-state index contributed by atoms with van der Waals surface area (Å²) in [7, 11) is -3.82. The molecule has 2 saturated carbocycles. The fourth-order valence-electron chi connectivity index (χ4n) is 6.63. The third-order valence-corrected chi connectivity index (χ3v) is 12.1. The number of aromatic nitrogens is 5. The number of anilines is 5. The zero-order chi connectivity index (χ0) is 36.8. The van der Waals surface area contributed by atoms with Crippen LogP contribution in [0.2, 0.25) is 0 Å². The van der Waals surface area contributed by atoms with Gasteiger partial charge in [0.1, 0.15) is 5.01 Å². The minimum absolute atomic E-state index is 0.0605. The third-order valence-electron chi connectivity index (χ3n) is 9.82. The maximum atomic E-state index is 13.1. The van der Waals surface area contributed by atoms with Gasteiger partial charge in [0.25, 0.3) is 10.0 Å². The molecular formula is C38H44N10O3S2. The van der Waals surface area contributed by atoms with Gasteiger partial charge in [-0.15, -0.1) is 10.2 Å². The summed E-state index contributed by atoms with van der Waals surface area (Å²) in [6.45, 7) is 5.83. The lowest BCUT2D eigenvalue weighted by Gasteiger charge is -2.28. The van der Waals surface area contributed by atoms with Crippen LogP contribution in [0.1, 0.15) is 71.7 Å². The van der Waals surface area contributed by atoms with Gasteiger partial charge in [0.05, 0.1) is 4.90 Å². The van der Waals surface area contributed by atoms with Gasteiger partial charge >= 0.3 is 0 Å². The Morgan fingerprint density at radius 3 is 2.09 bits per heavy atom. The van der Waals surface area contributed by atoms with E-state index in [-0.39, 0.29) is 21.9 Å². The summed E-state index contributed by atoms with van der Waals surface area (Å²) < 4.78 is 27.9. The number of hydrogen-bond donors (Lipinski definition) is 5. The Kier molecular flexibility index (Phi) is 11.1. The molecule has 3 aromatic carbocycles. The molecule has 0 bridgehead atoms. The molecule has 13 nitrogen and oxygen atoms in total. The molecule has 5 N–H and O–H groups in total. The molecule has 0 saturated heterocycles. The fourth-order valence-corrected chi connectivity index (χ4v) is 8.46. The molecule has 15 heteroatoms. The standard InChI is InChI=1S/C38H44N10O3S2/c1-24-30(9-6-10-33(24)28-15-16-28)23-41-37-44-35(39-21-26-7-4-3-5-8-26)43-36(45-37)40-22-27-11-13-29(14-12-27)34(49)42-31-17-19-32(20-18-31)53(50,51)48-38-47-46-25(2)52-38/h3-10,17-20,27-29H,11-16,21-23H2,1-2H3,(H,42,49)(H,47,48)(H3,39,40,41,43,44,45). The van der Waals surface area contributed by atoms with Gasteiger partial charge in [-0.25, -0.2) is 8.42 Å². The molecule has 276 valence electrons.